The zero-order valence-electron chi connectivity index (χ0n) is 35.3. The normalized spacial score (nSPS) is 14.4. The standard InChI is InChI=1S/C47H34Cl4F6N4O7/c1-24(44(66,46(52,53)54)30-14-16-58-38(50)22-30)34-12-10-26(20-36(34)48)40(62)61-33-9-5-7-29(19-33)43(65)68-45(47(55,56)57,31-15-17-59-39(51)23-31)25(2)35-13-11-27(21-37(35)49)41(63)60-32-8-4-6-28(18-32)42(64)67-3/h4-25,66H,1-3H3,(H,60,63)(H,61,62). The van der Waals surface area contributed by atoms with Gasteiger partial charge in [-0.1, -0.05) is 84.5 Å². The Morgan fingerprint density at radius 1 is 0.574 bits per heavy atom. The van der Waals surface area contributed by atoms with E-state index in [-0.39, 0.29) is 59.5 Å². The van der Waals surface area contributed by atoms with E-state index < -0.39 is 75.8 Å². The summed E-state index contributed by atoms with van der Waals surface area (Å²) < 4.78 is 101. The Morgan fingerprint density at radius 3 is 1.47 bits per heavy atom. The molecule has 0 spiro atoms. The SMILES string of the molecule is COC(=O)c1cccc(NC(=O)c2ccc(C(C)C(OC(=O)c3cccc(NC(=O)c4ccc(C(C)C(O)(c5ccnc(Cl)c5)C(F)(F)F)c(Cl)c4)c3)(c3ccnc(Cl)c3)C(F)(F)F)c(Cl)c2)c1. The first-order valence-electron chi connectivity index (χ1n) is 19.7. The van der Waals surface area contributed by atoms with E-state index in [1.54, 1.807) is 0 Å². The van der Waals surface area contributed by atoms with Crippen LogP contribution in [0.25, 0.3) is 0 Å². The minimum absolute atomic E-state index is 0.0805. The Hall–Kier alpha value is -6.24. The number of amides is 2. The fourth-order valence-electron chi connectivity index (χ4n) is 7.46. The highest BCUT2D eigenvalue weighted by Crippen LogP contribution is 2.54. The first-order chi connectivity index (χ1) is 31.9. The van der Waals surface area contributed by atoms with Crippen molar-refractivity contribution in [2.75, 3.05) is 17.7 Å². The molecule has 6 rings (SSSR count). The maximum Gasteiger partial charge on any atom is 0.433 e. The van der Waals surface area contributed by atoms with Crippen LogP contribution in [-0.4, -0.2) is 58.3 Å². The highest BCUT2D eigenvalue weighted by atomic mass is 35.5. The van der Waals surface area contributed by atoms with Gasteiger partial charge < -0.3 is 25.2 Å². The number of ether oxygens (including phenoxy) is 2. The van der Waals surface area contributed by atoms with Crippen LogP contribution in [0.1, 0.15) is 89.4 Å². The molecule has 2 heterocycles. The molecule has 2 amide bonds. The Balaban J connectivity index is 1.27. The van der Waals surface area contributed by atoms with Crippen molar-refractivity contribution < 1.29 is 60.1 Å². The lowest BCUT2D eigenvalue weighted by Gasteiger charge is -2.40. The van der Waals surface area contributed by atoms with Gasteiger partial charge in [0.25, 0.3) is 11.8 Å². The first kappa shape index (κ1) is 51.2. The summed E-state index contributed by atoms with van der Waals surface area (Å²) in [6.45, 7) is 2.18. The van der Waals surface area contributed by atoms with Gasteiger partial charge in [-0.15, -0.1) is 0 Å². The number of alkyl halides is 6. The molecule has 6 aromatic rings. The van der Waals surface area contributed by atoms with Gasteiger partial charge in [-0.25, -0.2) is 19.6 Å². The minimum atomic E-state index is -5.40. The van der Waals surface area contributed by atoms with Gasteiger partial charge in [-0.05, 0) is 102 Å². The molecule has 21 heteroatoms. The lowest BCUT2D eigenvalue weighted by molar-refractivity contribution is -0.274. The van der Waals surface area contributed by atoms with Crippen LogP contribution in [-0.2, 0) is 20.7 Å². The van der Waals surface area contributed by atoms with E-state index in [9.17, 15) is 37.5 Å². The van der Waals surface area contributed by atoms with Gasteiger partial charge in [0.2, 0.25) is 5.60 Å². The predicted molar refractivity (Wildman–Crippen MR) is 241 cm³/mol. The van der Waals surface area contributed by atoms with Crippen LogP contribution in [0, 0.1) is 0 Å². The van der Waals surface area contributed by atoms with Gasteiger partial charge in [-0.2, -0.15) is 26.3 Å². The van der Waals surface area contributed by atoms with Crippen molar-refractivity contribution in [3.8, 4) is 0 Å². The van der Waals surface area contributed by atoms with Gasteiger partial charge >= 0.3 is 24.3 Å². The molecule has 11 nitrogen and oxygen atoms in total. The zero-order chi connectivity index (χ0) is 49.9. The molecular weight excluding hydrogens is 988 g/mol. The molecule has 0 aliphatic rings. The summed E-state index contributed by atoms with van der Waals surface area (Å²) in [6.07, 6.45) is -8.65. The number of aromatic nitrogens is 2. The molecule has 0 aliphatic heterocycles. The first-order valence-corrected chi connectivity index (χ1v) is 21.3. The summed E-state index contributed by atoms with van der Waals surface area (Å²) in [5.74, 6) is -7.39. The summed E-state index contributed by atoms with van der Waals surface area (Å²) in [5, 5.41) is 14.8. The summed E-state index contributed by atoms with van der Waals surface area (Å²) in [6, 6.07) is 20.9. The van der Waals surface area contributed by atoms with Gasteiger partial charge in [0.1, 0.15) is 10.3 Å². The Labute approximate surface area is 403 Å². The Kier molecular flexibility index (Phi) is 15.2. The van der Waals surface area contributed by atoms with Crippen molar-refractivity contribution in [3.63, 3.8) is 0 Å². The fraction of sp³-hybridized carbons (Fsp3) is 0.191. The second kappa shape index (κ2) is 20.2. The van der Waals surface area contributed by atoms with Crippen LogP contribution in [0.2, 0.25) is 20.4 Å². The number of carbonyl (C=O) groups is 4. The smallest absolute Gasteiger partial charge is 0.433 e. The van der Waals surface area contributed by atoms with Crippen molar-refractivity contribution in [1.82, 2.24) is 9.97 Å². The highest BCUT2D eigenvalue weighted by Gasteiger charge is 2.64. The van der Waals surface area contributed by atoms with Crippen LogP contribution in [0.5, 0.6) is 0 Å². The average molecular weight is 1020 g/mol. The molecular formula is C47H34Cl4F6N4O7. The van der Waals surface area contributed by atoms with Gasteiger partial charge in [0, 0.05) is 62.3 Å². The van der Waals surface area contributed by atoms with Crippen LogP contribution in [0.3, 0.4) is 0 Å². The van der Waals surface area contributed by atoms with Gasteiger partial charge in [-0.3, -0.25) is 9.59 Å². The van der Waals surface area contributed by atoms with Gasteiger partial charge in [0.05, 0.1) is 18.2 Å². The highest BCUT2D eigenvalue weighted by molar-refractivity contribution is 6.32. The summed E-state index contributed by atoms with van der Waals surface area (Å²) in [5.41, 5.74) is -9.20. The summed E-state index contributed by atoms with van der Waals surface area (Å²) >= 11 is 24.9. The maximum absolute atomic E-state index is 15.9. The van der Waals surface area contributed by atoms with Crippen molar-refractivity contribution in [3.05, 3.63) is 186 Å². The zero-order valence-corrected chi connectivity index (χ0v) is 38.3. The van der Waals surface area contributed by atoms with Crippen LogP contribution in [0.4, 0.5) is 37.7 Å². The van der Waals surface area contributed by atoms with Crippen LogP contribution in [0.15, 0.2) is 122 Å². The number of esters is 2. The van der Waals surface area contributed by atoms with E-state index in [0.717, 1.165) is 93.0 Å². The van der Waals surface area contributed by atoms with Crippen LogP contribution >= 0.6 is 46.4 Å². The van der Waals surface area contributed by atoms with Gasteiger partial charge in [0.15, 0.2) is 5.60 Å². The molecule has 0 fully saturated rings. The molecule has 0 aliphatic carbocycles. The number of carbonyl (C=O) groups excluding carboxylic acids is 4. The number of methoxy groups -OCH3 is 1. The number of aliphatic hydroxyl groups is 1. The number of anilines is 2. The van der Waals surface area contributed by atoms with E-state index >= 15 is 13.2 Å². The van der Waals surface area contributed by atoms with Crippen molar-refractivity contribution in [2.24, 2.45) is 0 Å². The molecule has 4 unspecified atom stereocenters. The molecule has 354 valence electrons. The predicted octanol–water partition coefficient (Wildman–Crippen LogP) is 12.4. The van der Waals surface area contributed by atoms with E-state index in [4.69, 9.17) is 55.9 Å². The molecule has 4 aromatic carbocycles. The third-order valence-corrected chi connectivity index (χ3v) is 12.1. The number of nitrogens with zero attached hydrogens (tertiary/aromatic N) is 2. The minimum Gasteiger partial charge on any atom is -0.465 e. The molecule has 0 bridgehead atoms. The second-order valence-corrected chi connectivity index (χ2v) is 16.7. The number of hydrogen-bond donors (Lipinski definition) is 3. The number of hydrogen-bond acceptors (Lipinski definition) is 9. The summed E-state index contributed by atoms with van der Waals surface area (Å²) in [7, 11) is 1.18. The number of pyridine rings is 2. The number of nitrogens with one attached hydrogen (secondary N) is 2. The largest absolute Gasteiger partial charge is 0.465 e. The average Bonchev–Trinajstić information content (AvgIpc) is 3.29. The van der Waals surface area contributed by atoms with Crippen molar-refractivity contribution in [1.29, 1.82) is 0 Å². The second-order valence-electron chi connectivity index (χ2n) is 15.1. The monoisotopic (exact) mass is 1020 g/mol. The summed E-state index contributed by atoms with van der Waals surface area (Å²) in [4.78, 5) is 60.1. The number of benzene rings is 4. The lowest BCUT2D eigenvalue weighted by Crippen LogP contribution is -2.50. The van der Waals surface area contributed by atoms with E-state index in [2.05, 4.69) is 20.6 Å². The Bertz CT molecular complexity index is 2920. The lowest BCUT2D eigenvalue weighted by atomic mass is 9.77. The fourth-order valence-corrected chi connectivity index (χ4v) is 8.49. The number of rotatable bonds is 13. The molecule has 4 atom stereocenters. The molecule has 2 aromatic heterocycles. The van der Waals surface area contributed by atoms with Crippen molar-refractivity contribution >= 4 is 81.5 Å². The quantitative estimate of drug-likeness (QED) is 0.0582. The van der Waals surface area contributed by atoms with Crippen molar-refractivity contribution in [2.45, 2.75) is 49.2 Å². The molecule has 0 saturated heterocycles. The molecule has 3 N–H and O–H groups in total. The molecule has 0 saturated carbocycles. The third kappa shape index (κ3) is 10.4. The molecule has 0 radical (unpaired) electrons. The van der Waals surface area contributed by atoms with E-state index in [1.165, 1.54) is 49.6 Å². The third-order valence-electron chi connectivity index (χ3n) is 11.0. The van der Waals surface area contributed by atoms with E-state index in [0.29, 0.717) is 0 Å². The van der Waals surface area contributed by atoms with Crippen LogP contribution < -0.4 is 10.6 Å². The van der Waals surface area contributed by atoms with E-state index in [1.807, 2.05) is 0 Å². The topological polar surface area (TPSA) is 157 Å². The maximum atomic E-state index is 15.9. The molecule has 68 heavy (non-hydrogen) atoms. The Morgan fingerprint density at radius 2 is 1.03 bits per heavy atom. The number of halogens is 10.